The van der Waals surface area contributed by atoms with E-state index in [0.717, 1.165) is 24.6 Å². The summed E-state index contributed by atoms with van der Waals surface area (Å²) < 4.78 is 10.5. The van der Waals surface area contributed by atoms with Gasteiger partial charge in [0.05, 0.1) is 14.2 Å². The molecule has 1 aromatic carbocycles. The number of guanidine groups is 1. The second-order valence-electron chi connectivity index (χ2n) is 6.36. The lowest BCUT2D eigenvalue weighted by molar-refractivity contribution is 0.355. The van der Waals surface area contributed by atoms with E-state index >= 15 is 0 Å². The third-order valence-corrected chi connectivity index (χ3v) is 3.27. The maximum Gasteiger partial charge on any atom is 0.195 e. The van der Waals surface area contributed by atoms with Gasteiger partial charge in [-0.25, -0.2) is 0 Å². The zero-order chi connectivity index (χ0) is 16.6. The summed E-state index contributed by atoms with van der Waals surface area (Å²) in [4.78, 5) is 4.24. The monoisotopic (exact) mass is 307 g/mol. The molecule has 0 aliphatic heterocycles. The molecular weight excluding hydrogens is 278 g/mol. The first kappa shape index (κ1) is 18.1. The Morgan fingerprint density at radius 2 is 1.82 bits per heavy atom. The topological polar surface area (TPSA) is 54.9 Å². The lowest BCUT2D eigenvalue weighted by atomic mass is 9.91. The third-order valence-electron chi connectivity index (χ3n) is 3.27. The first-order chi connectivity index (χ1) is 10.4. The molecule has 0 radical (unpaired) electrons. The van der Waals surface area contributed by atoms with Gasteiger partial charge in [-0.2, -0.15) is 0 Å². The summed E-state index contributed by atoms with van der Waals surface area (Å²) in [6.45, 7) is 7.65. The van der Waals surface area contributed by atoms with Gasteiger partial charge in [0, 0.05) is 25.3 Å². The molecule has 0 aliphatic carbocycles. The van der Waals surface area contributed by atoms with Crippen LogP contribution >= 0.6 is 0 Å². The predicted molar refractivity (Wildman–Crippen MR) is 93.2 cm³/mol. The number of anilines is 1. The van der Waals surface area contributed by atoms with Crippen molar-refractivity contribution in [2.75, 3.05) is 33.1 Å². The van der Waals surface area contributed by atoms with Gasteiger partial charge in [0.1, 0.15) is 0 Å². The number of benzene rings is 1. The molecule has 0 bridgehead atoms. The zero-order valence-electron chi connectivity index (χ0n) is 14.6. The molecular formula is C17H29N3O2. The Hall–Kier alpha value is -1.91. The second kappa shape index (κ2) is 8.51. The average Bonchev–Trinajstić information content (AvgIpc) is 2.49. The number of aliphatic imine (C=N–C) groups is 1. The van der Waals surface area contributed by atoms with Crippen LogP contribution < -0.4 is 20.1 Å². The molecule has 0 saturated carbocycles. The summed E-state index contributed by atoms with van der Waals surface area (Å²) in [5.74, 6) is 2.15. The fourth-order valence-electron chi connectivity index (χ4n) is 2.06. The third kappa shape index (κ3) is 6.24. The van der Waals surface area contributed by atoms with E-state index in [2.05, 4.69) is 36.4 Å². The Morgan fingerprint density at radius 1 is 1.14 bits per heavy atom. The van der Waals surface area contributed by atoms with E-state index in [-0.39, 0.29) is 0 Å². The van der Waals surface area contributed by atoms with Crippen LogP contribution in [0.2, 0.25) is 0 Å². The first-order valence-corrected chi connectivity index (χ1v) is 7.59. The summed E-state index contributed by atoms with van der Waals surface area (Å²) in [5.41, 5.74) is 1.27. The van der Waals surface area contributed by atoms with E-state index in [4.69, 9.17) is 9.47 Å². The van der Waals surface area contributed by atoms with E-state index in [0.29, 0.717) is 16.9 Å². The SMILES string of the molecule is CN=C(NCCCC(C)(C)C)Nc1ccc(OC)c(OC)c1. The number of ether oxygens (including phenoxy) is 2. The number of methoxy groups -OCH3 is 2. The number of hydrogen-bond donors (Lipinski definition) is 2. The van der Waals surface area contributed by atoms with Gasteiger partial charge in [-0.1, -0.05) is 20.8 Å². The second-order valence-corrected chi connectivity index (χ2v) is 6.36. The van der Waals surface area contributed by atoms with Crippen LogP contribution in [0, 0.1) is 5.41 Å². The average molecular weight is 307 g/mol. The van der Waals surface area contributed by atoms with Crippen LogP contribution in [0.3, 0.4) is 0 Å². The van der Waals surface area contributed by atoms with Crippen LogP contribution in [0.1, 0.15) is 33.6 Å². The number of nitrogens with one attached hydrogen (secondary N) is 2. The highest BCUT2D eigenvalue weighted by Crippen LogP contribution is 2.29. The smallest absolute Gasteiger partial charge is 0.195 e. The largest absolute Gasteiger partial charge is 0.493 e. The summed E-state index contributed by atoms with van der Waals surface area (Å²) >= 11 is 0. The normalized spacial score (nSPS) is 12.0. The van der Waals surface area contributed by atoms with Gasteiger partial charge < -0.3 is 20.1 Å². The van der Waals surface area contributed by atoms with Crippen molar-refractivity contribution < 1.29 is 9.47 Å². The lowest BCUT2D eigenvalue weighted by Gasteiger charge is -2.18. The predicted octanol–water partition coefficient (Wildman–Crippen LogP) is 3.52. The Bertz CT molecular complexity index is 493. The van der Waals surface area contributed by atoms with E-state index < -0.39 is 0 Å². The Morgan fingerprint density at radius 3 is 2.36 bits per heavy atom. The standard InChI is InChI=1S/C17H29N3O2/c1-17(2,3)10-7-11-19-16(18-4)20-13-8-9-14(21-5)15(12-13)22-6/h8-9,12H,7,10-11H2,1-6H3,(H2,18,19,20). The van der Waals surface area contributed by atoms with Crippen molar-refractivity contribution in [2.45, 2.75) is 33.6 Å². The zero-order valence-corrected chi connectivity index (χ0v) is 14.6. The van der Waals surface area contributed by atoms with Crippen LogP contribution in [0.5, 0.6) is 11.5 Å². The molecule has 1 rings (SSSR count). The van der Waals surface area contributed by atoms with Crippen LogP contribution in [-0.4, -0.2) is 33.8 Å². The van der Waals surface area contributed by atoms with Crippen LogP contribution in [-0.2, 0) is 0 Å². The van der Waals surface area contributed by atoms with Crippen molar-refractivity contribution in [3.63, 3.8) is 0 Å². The van der Waals surface area contributed by atoms with Crippen LogP contribution in [0.25, 0.3) is 0 Å². The van der Waals surface area contributed by atoms with Crippen molar-refractivity contribution in [1.82, 2.24) is 5.32 Å². The van der Waals surface area contributed by atoms with E-state index in [1.54, 1.807) is 21.3 Å². The van der Waals surface area contributed by atoms with E-state index in [9.17, 15) is 0 Å². The Labute approximate surface area is 134 Å². The fraction of sp³-hybridized carbons (Fsp3) is 0.588. The number of nitrogens with zero attached hydrogens (tertiary/aromatic N) is 1. The maximum absolute atomic E-state index is 5.30. The van der Waals surface area contributed by atoms with Crippen LogP contribution in [0.15, 0.2) is 23.2 Å². The van der Waals surface area contributed by atoms with Gasteiger partial charge in [0.25, 0.3) is 0 Å². The molecule has 22 heavy (non-hydrogen) atoms. The van der Waals surface area contributed by atoms with Gasteiger partial charge in [-0.05, 0) is 30.4 Å². The molecule has 5 heteroatoms. The summed E-state index contributed by atoms with van der Waals surface area (Å²) in [6.07, 6.45) is 2.28. The maximum atomic E-state index is 5.30. The van der Waals surface area contributed by atoms with Crippen molar-refractivity contribution in [1.29, 1.82) is 0 Å². The first-order valence-electron chi connectivity index (χ1n) is 7.59. The van der Waals surface area contributed by atoms with Gasteiger partial charge >= 0.3 is 0 Å². The van der Waals surface area contributed by atoms with Crippen molar-refractivity contribution >= 4 is 11.6 Å². The molecule has 0 aliphatic rings. The molecule has 0 unspecified atom stereocenters. The number of hydrogen-bond acceptors (Lipinski definition) is 3. The minimum atomic E-state index is 0.363. The van der Waals surface area contributed by atoms with Crippen molar-refractivity contribution in [3.05, 3.63) is 18.2 Å². The Kier molecular flexibility index (Phi) is 7.02. The molecule has 0 fully saturated rings. The van der Waals surface area contributed by atoms with E-state index in [1.807, 2.05) is 18.2 Å². The molecule has 5 nitrogen and oxygen atoms in total. The quantitative estimate of drug-likeness (QED) is 0.480. The van der Waals surface area contributed by atoms with Gasteiger partial charge in [-0.3, -0.25) is 4.99 Å². The van der Waals surface area contributed by atoms with Gasteiger partial charge in [-0.15, -0.1) is 0 Å². The van der Waals surface area contributed by atoms with E-state index in [1.165, 1.54) is 6.42 Å². The minimum Gasteiger partial charge on any atom is -0.493 e. The van der Waals surface area contributed by atoms with Crippen molar-refractivity contribution in [2.24, 2.45) is 10.4 Å². The molecule has 0 aromatic heterocycles. The van der Waals surface area contributed by atoms with Crippen molar-refractivity contribution in [3.8, 4) is 11.5 Å². The molecule has 0 atom stereocenters. The molecule has 1 aromatic rings. The summed E-state index contributed by atoms with van der Waals surface area (Å²) in [7, 11) is 5.02. The highest BCUT2D eigenvalue weighted by molar-refractivity contribution is 5.93. The molecule has 0 heterocycles. The Balaban J connectivity index is 2.56. The highest BCUT2D eigenvalue weighted by Gasteiger charge is 2.09. The summed E-state index contributed by atoms with van der Waals surface area (Å²) in [5, 5.41) is 6.58. The number of rotatable bonds is 6. The van der Waals surface area contributed by atoms with Gasteiger partial charge in [0.15, 0.2) is 17.5 Å². The van der Waals surface area contributed by atoms with Gasteiger partial charge in [0.2, 0.25) is 0 Å². The van der Waals surface area contributed by atoms with Crippen LogP contribution in [0.4, 0.5) is 5.69 Å². The molecule has 0 amide bonds. The fourth-order valence-corrected chi connectivity index (χ4v) is 2.06. The highest BCUT2D eigenvalue weighted by atomic mass is 16.5. The molecule has 2 N–H and O–H groups in total. The lowest BCUT2D eigenvalue weighted by Crippen LogP contribution is -2.31. The minimum absolute atomic E-state index is 0.363. The molecule has 0 spiro atoms. The molecule has 124 valence electrons. The summed E-state index contributed by atoms with van der Waals surface area (Å²) in [6, 6.07) is 5.69. The molecule has 0 saturated heterocycles.